The van der Waals surface area contributed by atoms with Crippen LogP contribution in [0.2, 0.25) is 0 Å². The van der Waals surface area contributed by atoms with Gasteiger partial charge in [-0.3, -0.25) is 0 Å². The maximum absolute atomic E-state index is 11.0. The first kappa shape index (κ1) is 41.5. The van der Waals surface area contributed by atoms with Gasteiger partial charge < -0.3 is 71.5 Å². The second kappa shape index (κ2) is 16.0. The van der Waals surface area contributed by atoms with Crippen molar-refractivity contribution in [3.05, 3.63) is 163 Å². The molecule has 0 heterocycles. The first-order valence-electron chi connectivity index (χ1n) is 19.7. The Morgan fingerprint density at radius 3 is 0.270 bits per heavy atom. The van der Waals surface area contributed by atoms with Gasteiger partial charge in [0.05, 0.1) is 0 Å². The highest BCUT2D eigenvalue weighted by Gasteiger charge is 2.22. The maximum Gasteiger partial charge on any atom is 0.119 e. The third-order valence-corrected chi connectivity index (χ3v) is 11.6. The summed E-state index contributed by atoms with van der Waals surface area (Å²) in [6.07, 6.45) is -0.937. The molecule has 0 atom stereocenters. The van der Waals surface area contributed by atoms with Crippen molar-refractivity contribution in [2.24, 2.45) is 0 Å². The first-order chi connectivity index (χ1) is 29.9. The third-order valence-electron chi connectivity index (χ3n) is 11.6. The Hall–Kier alpha value is -8.26. The van der Waals surface area contributed by atoms with Gasteiger partial charge in [-0.15, -0.1) is 0 Å². The summed E-state index contributed by atoms with van der Waals surface area (Å²) in [5, 5.41) is 154. The standard InChI is InChI=1S/C49H42O14/c50-36-10-24-2-26-12-42(56)28(14-40(26)54)4-30-16-46(60)32(18-44(30)58)6-34-20-49(63)35(21-48(34)62)7-33-19-45(59)31(17-47(33)61)5-29-15-41(55)27(13-43(29)57)3-25-11-37(51)23(9-39(25)53)1-22(36)8-38(24)52/h8-21,50-63H,1-7H2. The Labute approximate surface area is 358 Å². The van der Waals surface area contributed by atoms with Gasteiger partial charge in [0.1, 0.15) is 80.5 Å². The molecule has 7 aromatic carbocycles. The van der Waals surface area contributed by atoms with Crippen molar-refractivity contribution < 1.29 is 71.5 Å². The van der Waals surface area contributed by atoms with Crippen LogP contribution in [0.4, 0.5) is 0 Å². The molecule has 14 aliphatic carbocycles. The molecule has 0 aliphatic heterocycles. The van der Waals surface area contributed by atoms with E-state index in [1.807, 2.05) is 0 Å². The van der Waals surface area contributed by atoms with Crippen LogP contribution < -0.4 is 0 Å². The molecule has 0 amide bonds. The predicted octanol–water partition coefficient (Wildman–Crippen LogP) is 7.01. The summed E-state index contributed by atoms with van der Waals surface area (Å²) in [5.41, 5.74) is 2.56. The molecule has 14 aliphatic rings. The molecule has 0 saturated heterocycles. The largest absolute Gasteiger partial charge is 0.508 e. The number of rotatable bonds is 0. The second-order valence-corrected chi connectivity index (χ2v) is 16.0. The van der Waals surface area contributed by atoms with Crippen LogP contribution in [0.15, 0.2) is 84.9 Å². The molecule has 14 N–H and O–H groups in total. The van der Waals surface area contributed by atoms with Crippen LogP contribution in [0.3, 0.4) is 0 Å². The molecule has 0 unspecified atom stereocenters. The van der Waals surface area contributed by atoms with Crippen molar-refractivity contribution in [3.8, 4) is 80.5 Å². The fourth-order valence-corrected chi connectivity index (χ4v) is 8.06. The molecule has 0 saturated carbocycles. The van der Waals surface area contributed by atoms with Crippen LogP contribution in [0.5, 0.6) is 80.5 Å². The number of phenolic OH excluding ortho intramolecular Hbond substituents is 14. The van der Waals surface area contributed by atoms with E-state index in [4.69, 9.17) is 0 Å². The summed E-state index contributed by atoms with van der Waals surface area (Å²) in [6, 6.07) is 17.7. The molecule has 0 aromatic heterocycles. The summed E-state index contributed by atoms with van der Waals surface area (Å²) >= 11 is 0. The van der Waals surface area contributed by atoms with Crippen molar-refractivity contribution in [1.29, 1.82) is 0 Å². The Kier molecular flexibility index (Phi) is 10.5. The lowest BCUT2D eigenvalue weighted by molar-refractivity contribution is 0.440. The van der Waals surface area contributed by atoms with Gasteiger partial charge >= 0.3 is 0 Å². The van der Waals surface area contributed by atoms with E-state index in [-0.39, 0.29) is 203 Å². The van der Waals surface area contributed by atoms with Gasteiger partial charge in [-0.05, 0) is 84.9 Å². The van der Waals surface area contributed by atoms with E-state index < -0.39 is 0 Å². The minimum Gasteiger partial charge on any atom is -0.508 e. The normalized spacial score (nSPS) is 12.9. The molecule has 63 heavy (non-hydrogen) atoms. The van der Waals surface area contributed by atoms with Crippen LogP contribution in [0.25, 0.3) is 0 Å². The molecule has 14 nitrogen and oxygen atoms in total. The van der Waals surface area contributed by atoms with E-state index in [1.165, 1.54) is 84.9 Å². The van der Waals surface area contributed by atoms with E-state index in [2.05, 4.69) is 0 Å². The molecule has 21 rings (SSSR count). The van der Waals surface area contributed by atoms with Crippen molar-refractivity contribution in [2.45, 2.75) is 44.9 Å². The van der Waals surface area contributed by atoms with Crippen molar-refractivity contribution in [2.75, 3.05) is 0 Å². The van der Waals surface area contributed by atoms with Gasteiger partial charge in [0, 0.05) is 123 Å². The minimum atomic E-state index is -0.276. The van der Waals surface area contributed by atoms with Crippen LogP contribution in [0, 0.1) is 0 Å². The van der Waals surface area contributed by atoms with Crippen LogP contribution in [-0.2, 0) is 44.9 Å². The zero-order chi connectivity index (χ0) is 45.0. The number of phenols is 14. The lowest BCUT2D eigenvalue weighted by atomic mass is 9.94. The molecule has 0 fully saturated rings. The van der Waals surface area contributed by atoms with E-state index in [0.29, 0.717) is 0 Å². The van der Waals surface area contributed by atoms with Gasteiger partial charge in [0.25, 0.3) is 0 Å². The highest BCUT2D eigenvalue weighted by atomic mass is 16.3. The van der Waals surface area contributed by atoms with Gasteiger partial charge in [0.15, 0.2) is 0 Å². The second-order valence-electron chi connectivity index (χ2n) is 16.0. The summed E-state index contributed by atoms with van der Waals surface area (Å²) in [4.78, 5) is 0. The van der Waals surface area contributed by atoms with E-state index in [0.717, 1.165) is 0 Å². The highest BCUT2D eigenvalue weighted by molar-refractivity contribution is 5.59. The van der Waals surface area contributed by atoms with E-state index in [1.54, 1.807) is 0 Å². The number of hydrogen-bond acceptors (Lipinski definition) is 14. The maximum atomic E-state index is 11.0. The molecular formula is C49H42O14. The van der Waals surface area contributed by atoms with Gasteiger partial charge in [0.2, 0.25) is 0 Å². The van der Waals surface area contributed by atoms with E-state index in [9.17, 15) is 71.5 Å². The Morgan fingerprint density at radius 1 is 0.143 bits per heavy atom. The van der Waals surface area contributed by atoms with Gasteiger partial charge in [-0.1, -0.05) is 0 Å². The summed E-state index contributed by atoms with van der Waals surface area (Å²) in [7, 11) is 0. The summed E-state index contributed by atoms with van der Waals surface area (Å²) in [5.74, 6) is -3.87. The number of hydrogen-bond donors (Lipinski definition) is 14. The average molecular weight is 855 g/mol. The van der Waals surface area contributed by atoms with Crippen molar-refractivity contribution in [3.63, 3.8) is 0 Å². The Bertz CT molecular complexity index is 2230. The zero-order valence-electron chi connectivity index (χ0n) is 33.3. The topological polar surface area (TPSA) is 283 Å². The monoisotopic (exact) mass is 854 g/mol. The van der Waals surface area contributed by atoms with Crippen molar-refractivity contribution in [1.82, 2.24) is 0 Å². The summed E-state index contributed by atoms with van der Waals surface area (Å²) in [6.45, 7) is 0. The third kappa shape index (κ3) is 8.29. The van der Waals surface area contributed by atoms with E-state index >= 15 is 0 Å². The van der Waals surface area contributed by atoms with Crippen LogP contribution >= 0.6 is 0 Å². The fourth-order valence-electron chi connectivity index (χ4n) is 8.06. The smallest absolute Gasteiger partial charge is 0.119 e. The number of aromatic hydroxyl groups is 14. The molecule has 322 valence electrons. The molecule has 0 radical (unpaired) electrons. The summed E-state index contributed by atoms with van der Waals surface area (Å²) < 4.78 is 0. The molecule has 14 bridgehead atoms. The number of benzene rings is 7. The molecule has 0 spiro atoms. The highest BCUT2D eigenvalue weighted by Crippen LogP contribution is 2.42. The van der Waals surface area contributed by atoms with Gasteiger partial charge in [-0.2, -0.15) is 0 Å². The quantitative estimate of drug-likeness (QED) is 0.0683. The molecule has 14 heteroatoms. The molecular weight excluding hydrogens is 813 g/mol. The Balaban J connectivity index is 1.18. The minimum absolute atomic E-state index is 0.134. The predicted molar refractivity (Wildman–Crippen MR) is 228 cm³/mol. The molecule has 7 aromatic rings. The Morgan fingerprint density at radius 2 is 0.206 bits per heavy atom. The van der Waals surface area contributed by atoms with Crippen LogP contribution in [0.1, 0.15) is 77.9 Å². The average Bonchev–Trinajstić information content (AvgIpc) is 3.21. The van der Waals surface area contributed by atoms with Crippen LogP contribution in [-0.4, -0.2) is 71.5 Å². The lowest BCUT2D eigenvalue weighted by Crippen LogP contribution is -1.98. The van der Waals surface area contributed by atoms with Gasteiger partial charge in [-0.25, -0.2) is 0 Å². The zero-order valence-corrected chi connectivity index (χ0v) is 33.3. The lowest BCUT2D eigenvalue weighted by Gasteiger charge is -2.15. The first-order valence-corrected chi connectivity index (χ1v) is 19.7. The van der Waals surface area contributed by atoms with Crippen molar-refractivity contribution >= 4 is 0 Å². The fraction of sp³-hybridized carbons (Fsp3) is 0.143. The SMILES string of the molecule is Oc1cc2c(O)cc1Cc1cc(O)c(cc1O)Cc1cc(O)c(cc1O)Cc1cc(O)c(cc1O)Cc1cc(O)c(cc1O)Cc1cc(O)c(cc1O)Cc1cc(O)c(cc1O)C2.